The SMILES string of the molecule is CCCNC1=C(Br)C(=O)OC1NCCC. The first kappa shape index (κ1) is 12.5. The summed E-state index contributed by atoms with van der Waals surface area (Å²) in [5.41, 5.74) is 0.815. The van der Waals surface area contributed by atoms with Crippen molar-refractivity contribution in [1.82, 2.24) is 10.6 Å². The first-order chi connectivity index (χ1) is 7.20. The third-order valence-electron chi connectivity index (χ3n) is 2.05. The largest absolute Gasteiger partial charge is 0.437 e. The summed E-state index contributed by atoms with van der Waals surface area (Å²) in [7, 11) is 0. The highest BCUT2D eigenvalue weighted by atomic mass is 79.9. The Kier molecular flexibility index (Phi) is 5.11. The lowest BCUT2D eigenvalue weighted by Gasteiger charge is -2.16. The van der Waals surface area contributed by atoms with Crippen LogP contribution >= 0.6 is 15.9 Å². The Morgan fingerprint density at radius 2 is 2.00 bits per heavy atom. The van der Waals surface area contributed by atoms with Gasteiger partial charge in [0, 0.05) is 6.54 Å². The van der Waals surface area contributed by atoms with E-state index in [1.54, 1.807) is 0 Å². The minimum absolute atomic E-state index is 0.304. The van der Waals surface area contributed by atoms with Crippen molar-refractivity contribution in [3.05, 3.63) is 10.2 Å². The molecule has 86 valence electrons. The van der Waals surface area contributed by atoms with Gasteiger partial charge in [0.25, 0.3) is 0 Å². The normalized spacial score (nSPS) is 20.7. The van der Waals surface area contributed by atoms with E-state index in [9.17, 15) is 4.79 Å². The molecule has 15 heavy (non-hydrogen) atoms. The van der Waals surface area contributed by atoms with Crippen LogP contribution in [0, 0.1) is 0 Å². The molecule has 1 aliphatic heterocycles. The van der Waals surface area contributed by atoms with Crippen molar-refractivity contribution in [3.63, 3.8) is 0 Å². The number of ether oxygens (including phenoxy) is 1. The zero-order valence-electron chi connectivity index (χ0n) is 9.10. The van der Waals surface area contributed by atoms with E-state index in [-0.39, 0.29) is 12.2 Å². The molecule has 0 aromatic rings. The minimum Gasteiger partial charge on any atom is -0.437 e. The number of halogens is 1. The molecule has 0 saturated heterocycles. The fourth-order valence-corrected chi connectivity index (χ4v) is 1.73. The van der Waals surface area contributed by atoms with Crippen molar-refractivity contribution in [3.8, 4) is 0 Å². The quantitative estimate of drug-likeness (QED) is 0.722. The maximum atomic E-state index is 11.3. The highest BCUT2D eigenvalue weighted by molar-refractivity contribution is 9.12. The number of hydrogen-bond donors (Lipinski definition) is 2. The zero-order chi connectivity index (χ0) is 11.3. The second-order valence-corrected chi connectivity index (χ2v) is 4.19. The summed E-state index contributed by atoms with van der Waals surface area (Å²) in [6, 6.07) is 0. The summed E-state index contributed by atoms with van der Waals surface area (Å²) < 4.78 is 5.66. The first-order valence-corrected chi connectivity index (χ1v) is 6.07. The lowest BCUT2D eigenvalue weighted by atomic mass is 10.3. The molecule has 0 radical (unpaired) electrons. The number of carbonyl (C=O) groups excluding carboxylic acids is 1. The third kappa shape index (κ3) is 3.21. The molecule has 1 rings (SSSR count). The predicted molar refractivity (Wildman–Crippen MR) is 62.4 cm³/mol. The second-order valence-electron chi connectivity index (χ2n) is 3.39. The summed E-state index contributed by atoms with van der Waals surface area (Å²) in [6.07, 6.45) is 1.70. The summed E-state index contributed by atoms with van der Waals surface area (Å²) in [5.74, 6) is -0.304. The zero-order valence-corrected chi connectivity index (χ0v) is 10.7. The smallest absolute Gasteiger partial charge is 0.349 e. The van der Waals surface area contributed by atoms with Crippen LogP contribution < -0.4 is 10.6 Å². The molecular weight excluding hydrogens is 260 g/mol. The number of hydrogen-bond acceptors (Lipinski definition) is 4. The molecule has 0 fully saturated rings. The van der Waals surface area contributed by atoms with Gasteiger partial charge >= 0.3 is 5.97 Å². The molecule has 0 saturated carbocycles. The van der Waals surface area contributed by atoms with E-state index in [2.05, 4.69) is 40.4 Å². The lowest BCUT2D eigenvalue weighted by Crippen LogP contribution is -2.36. The maximum absolute atomic E-state index is 11.3. The first-order valence-electron chi connectivity index (χ1n) is 5.28. The van der Waals surface area contributed by atoms with Crippen LogP contribution in [-0.4, -0.2) is 25.3 Å². The molecule has 1 atom stereocenters. The van der Waals surface area contributed by atoms with Gasteiger partial charge < -0.3 is 10.1 Å². The summed E-state index contributed by atoms with van der Waals surface area (Å²) in [6.45, 7) is 5.82. The number of nitrogens with one attached hydrogen (secondary N) is 2. The molecule has 5 heteroatoms. The Morgan fingerprint density at radius 3 is 2.60 bits per heavy atom. The van der Waals surface area contributed by atoms with Gasteiger partial charge in [0.2, 0.25) is 0 Å². The van der Waals surface area contributed by atoms with Crippen LogP contribution in [0.5, 0.6) is 0 Å². The molecule has 0 bridgehead atoms. The maximum Gasteiger partial charge on any atom is 0.349 e. The van der Waals surface area contributed by atoms with Crippen LogP contribution in [0.4, 0.5) is 0 Å². The molecule has 4 nitrogen and oxygen atoms in total. The third-order valence-corrected chi connectivity index (χ3v) is 2.80. The fraction of sp³-hybridized carbons (Fsp3) is 0.700. The van der Waals surface area contributed by atoms with Crippen molar-refractivity contribution < 1.29 is 9.53 Å². The number of carbonyl (C=O) groups is 1. The Morgan fingerprint density at radius 1 is 1.33 bits per heavy atom. The number of esters is 1. The molecule has 1 aliphatic rings. The van der Waals surface area contributed by atoms with E-state index in [1.807, 2.05) is 0 Å². The van der Waals surface area contributed by atoms with Gasteiger partial charge in [-0.2, -0.15) is 0 Å². The van der Waals surface area contributed by atoms with Gasteiger partial charge in [0.1, 0.15) is 4.48 Å². The Hall–Kier alpha value is -0.550. The minimum atomic E-state index is -0.321. The highest BCUT2D eigenvalue weighted by Gasteiger charge is 2.31. The number of rotatable bonds is 6. The van der Waals surface area contributed by atoms with Crippen molar-refractivity contribution in [2.75, 3.05) is 13.1 Å². The van der Waals surface area contributed by atoms with Crippen LogP contribution in [0.15, 0.2) is 10.2 Å². The summed E-state index contributed by atoms with van der Waals surface area (Å²) in [5, 5.41) is 6.35. The van der Waals surface area contributed by atoms with Gasteiger partial charge in [-0.05, 0) is 35.3 Å². The second kappa shape index (κ2) is 6.12. The van der Waals surface area contributed by atoms with Gasteiger partial charge in [0.15, 0.2) is 6.23 Å². The van der Waals surface area contributed by atoms with E-state index in [0.29, 0.717) is 4.48 Å². The number of cyclic esters (lactones) is 1. The Labute approximate surface area is 98.6 Å². The van der Waals surface area contributed by atoms with Crippen LogP contribution in [-0.2, 0) is 9.53 Å². The van der Waals surface area contributed by atoms with Crippen LogP contribution in [0.2, 0.25) is 0 Å². The van der Waals surface area contributed by atoms with Crippen LogP contribution in [0.1, 0.15) is 26.7 Å². The fourth-order valence-electron chi connectivity index (χ4n) is 1.29. The molecular formula is C10H17BrN2O2. The van der Waals surface area contributed by atoms with E-state index >= 15 is 0 Å². The monoisotopic (exact) mass is 276 g/mol. The Balaban J connectivity index is 2.60. The molecule has 0 spiro atoms. The van der Waals surface area contributed by atoms with E-state index in [1.165, 1.54) is 0 Å². The molecule has 0 aromatic carbocycles. The van der Waals surface area contributed by atoms with E-state index in [4.69, 9.17) is 4.74 Å². The van der Waals surface area contributed by atoms with Gasteiger partial charge in [-0.3, -0.25) is 5.32 Å². The molecule has 2 N–H and O–H groups in total. The lowest BCUT2D eigenvalue weighted by molar-refractivity contribution is -0.140. The molecule has 0 amide bonds. The van der Waals surface area contributed by atoms with Crippen LogP contribution in [0.25, 0.3) is 0 Å². The average molecular weight is 277 g/mol. The standard InChI is InChI=1S/C10H17BrN2O2/c1-3-5-12-8-7(11)10(14)15-9(8)13-6-4-2/h9,12-13H,3-6H2,1-2H3. The van der Waals surface area contributed by atoms with Crippen molar-refractivity contribution in [2.24, 2.45) is 0 Å². The van der Waals surface area contributed by atoms with Crippen molar-refractivity contribution in [1.29, 1.82) is 0 Å². The highest BCUT2D eigenvalue weighted by Crippen LogP contribution is 2.23. The topological polar surface area (TPSA) is 50.4 Å². The van der Waals surface area contributed by atoms with E-state index in [0.717, 1.165) is 31.6 Å². The average Bonchev–Trinajstić information content (AvgIpc) is 2.50. The van der Waals surface area contributed by atoms with Crippen molar-refractivity contribution in [2.45, 2.75) is 32.9 Å². The van der Waals surface area contributed by atoms with Gasteiger partial charge in [0.05, 0.1) is 5.70 Å². The summed E-state index contributed by atoms with van der Waals surface area (Å²) in [4.78, 5) is 11.3. The van der Waals surface area contributed by atoms with Gasteiger partial charge in [-0.25, -0.2) is 4.79 Å². The molecule has 0 aromatic heterocycles. The summed E-state index contributed by atoms with van der Waals surface area (Å²) >= 11 is 3.24. The van der Waals surface area contributed by atoms with Crippen LogP contribution in [0.3, 0.4) is 0 Å². The van der Waals surface area contributed by atoms with Gasteiger partial charge in [-0.15, -0.1) is 0 Å². The van der Waals surface area contributed by atoms with Crippen molar-refractivity contribution >= 4 is 21.9 Å². The molecule has 0 aliphatic carbocycles. The van der Waals surface area contributed by atoms with Gasteiger partial charge in [-0.1, -0.05) is 13.8 Å². The molecule has 1 unspecified atom stereocenters. The van der Waals surface area contributed by atoms with E-state index < -0.39 is 0 Å². The predicted octanol–water partition coefficient (Wildman–Crippen LogP) is 1.47. The Bertz CT molecular complexity index is 266. The molecule has 1 heterocycles.